The average Bonchev–Trinajstić information content (AvgIpc) is 3.40. The van der Waals surface area contributed by atoms with Crippen LogP contribution in [-0.2, 0) is 33.3 Å². The number of esters is 2. The van der Waals surface area contributed by atoms with E-state index in [1.807, 2.05) is 21.1 Å². The van der Waals surface area contributed by atoms with E-state index in [9.17, 15) is 19.5 Å². The van der Waals surface area contributed by atoms with Crippen molar-refractivity contribution in [2.45, 2.75) is 360 Å². The molecule has 0 aliphatic carbocycles. The lowest BCUT2D eigenvalue weighted by Gasteiger charge is -2.26. The number of allylic oxidation sites excluding steroid dienone is 2. The first kappa shape index (κ1) is 75.0. The topological polar surface area (TPSA) is 111 Å². The molecular weight excluding hydrogens is 959 g/mol. The van der Waals surface area contributed by atoms with Gasteiger partial charge in [0.15, 0.2) is 12.4 Å². The van der Waals surface area contributed by atoms with Crippen LogP contribution in [0.5, 0.6) is 0 Å². The van der Waals surface area contributed by atoms with E-state index < -0.39 is 24.3 Å². The average molecular weight is 1090 g/mol. The van der Waals surface area contributed by atoms with E-state index in [1.54, 1.807) is 0 Å². The highest BCUT2D eigenvalue weighted by Gasteiger charge is 2.22. The van der Waals surface area contributed by atoms with Crippen molar-refractivity contribution in [3.05, 3.63) is 12.2 Å². The van der Waals surface area contributed by atoms with Crippen LogP contribution in [0, 0.1) is 0 Å². The van der Waals surface area contributed by atoms with Crippen LogP contribution in [0.1, 0.15) is 348 Å². The molecule has 2 unspecified atom stereocenters. The molecule has 0 aliphatic rings. The summed E-state index contributed by atoms with van der Waals surface area (Å²) in [4.78, 5) is 37.4. The summed E-state index contributed by atoms with van der Waals surface area (Å²) in [6.07, 6.45) is 68.6. The van der Waals surface area contributed by atoms with E-state index in [-0.39, 0.29) is 32.2 Å². The normalized spacial score (nSPS) is 12.7. The number of likely N-dealkylation sites (N-methyl/N-ethyl adjacent to an activating group) is 1. The van der Waals surface area contributed by atoms with Crippen molar-refractivity contribution in [1.82, 2.24) is 0 Å². The minimum atomic E-state index is -1.62. The maximum atomic E-state index is 12.9. The number of nitrogens with zero attached hydrogens (tertiary/aromatic N) is 1. The molecule has 0 saturated heterocycles. The van der Waals surface area contributed by atoms with Gasteiger partial charge < -0.3 is 33.3 Å². The standard InChI is InChI=1S/C68H131NO8/c1-6-8-10-12-14-16-18-20-22-24-26-28-30-31-32-33-34-35-37-39-41-43-45-47-49-51-53-55-57-59-66(71)77-64(63-76-68(67(72)73)74-61-60-69(3,4)5)62-75-65(70)58-56-54-52-50-48-46-44-42-40-38-36-29-27-25-23-21-19-17-15-13-11-9-7-2/h24,26,64,68H,6-23,25,27-63H2,1-5H3/b26-24-. The largest absolute Gasteiger partial charge is 0.545 e. The molecule has 0 amide bonds. The number of carboxylic acids is 1. The first-order valence-corrected chi connectivity index (χ1v) is 33.8. The number of rotatable bonds is 64. The Kier molecular flexibility index (Phi) is 58.6. The van der Waals surface area contributed by atoms with E-state index in [2.05, 4.69) is 26.0 Å². The highest BCUT2D eigenvalue weighted by atomic mass is 16.7. The number of aliphatic carboxylic acids is 1. The zero-order chi connectivity index (χ0) is 56.2. The Balaban J connectivity index is 4.08. The molecular formula is C68H131NO8. The molecule has 0 aliphatic heterocycles. The maximum Gasteiger partial charge on any atom is 0.306 e. The van der Waals surface area contributed by atoms with Crippen molar-refractivity contribution in [1.29, 1.82) is 0 Å². The summed E-state index contributed by atoms with van der Waals surface area (Å²) in [7, 11) is 5.94. The number of carboxylic acid groups (broad SMARTS) is 1. The Bertz CT molecular complexity index is 1270. The Labute approximate surface area is 478 Å². The SMILES string of the molecule is CCCCCCCCCC/C=C\CCCCCCCCCCCCCCCCCCCC(=O)OC(COC(=O)CCCCCCCCCCCCCCCCCCCCCCCCC)COC(OCC[N+](C)(C)C)C(=O)[O-]. The van der Waals surface area contributed by atoms with Crippen molar-refractivity contribution >= 4 is 17.9 Å². The fourth-order valence-corrected chi connectivity index (χ4v) is 10.3. The molecule has 0 aromatic carbocycles. The second-order valence-corrected chi connectivity index (χ2v) is 24.5. The Morgan fingerprint density at radius 1 is 0.377 bits per heavy atom. The van der Waals surface area contributed by atoms with Gasteiger partial charge >= 0.3 is 11.9 Å². The van der Waals surface area contributed by atoms with Gasteiger partial charge in [0.25, 0.3) is 0 Å². The smallest absolute Gasteiger partial charge is 0.306 e. The highest BCUT2D eigenvalue weighted by Crippen LogP contribution is 2.19. The van der Waals surface area contributed by atoms with E-state index in [0.717, 1.165) is 38.5 Å². The van der Waals surface area contributed by atoms with E-state index >= 15 is 0 Å². The van der Waals surface area contributed by atoms with Crippen LogP contribution in [0.4, 0.5) is 0 Å². The first-order chi connectivity index (χ1) is 37.6. The van der Waals surface area contributed by atoms with Gasteiger partial charge in [-0.2, -0.15) is 0 Å². The fourth-order valence-electron chi connectivity index (χ4n) is 10.3. The molecule has 2 atom stereocenters. The lowest BCUT2D eigenvalue weighted by Crippen LogP contribution is -2.44. The van der Waals surface area contributed by atoms with Crippen LogP contribution in [0.3, 0.4) is 0 Å². The number of quaternary nitrogens is 1. The Morgan fingerprint density at radius 2 is 0.662 bits per heavy atom. The summed E-state index contributed by atoms with van der Waals surface area (Å²) in [5.74, 6) is -2.25. The number of unbranched alkanes of at least 4 members (excludes halogenated alkanes) is 47. The quantitative estimate of drug-likeness (QED) is 0.0195. The lowest BCUT2D eigenvalue weighted by atomic mass is 10.0. The van der Waals surface area contributed by atoms with Gasteiger partial charge in [-0.05, 0) is 38.5 Å². The molecule has 0 aromatic rings. The van der Waals surface area contributed by atoms with Crippen molar-refractivity contribution in [3.8, 4) is 0 Å². The molecule has 0 N–H and O–H groups in total. The van der Waals surface area contributed by atoms with Crippen molar-refractivity contribution in [3.63, 3.8) is 0 Å². The van der Waals surface area contributed by atoms with Gasteiger partial charge in [0.2, 0.25) is 0 Å². The molecule has 0 fully saturated rings. The Hall–Kier alpha value is -1.97. The van der Waals surface area contributed by atoms with Crippen LogP contribution >= 0.6 is 0 Å². The van der Waals surface area contributed by atoms with E-state index in [1.165, 1.54) is 283 Å². The number of hydrogen-bond donors (Lipinski definition) is 0. The Morgan fingerprint density at radius 3 is 0.961 bits per heavy atom. The summed E-state index contributed by atoms with van der Waals surface area (Å²) in [5.41, 5.74) is 0. The van der Waals surface area contributed by atoms with Gasteiger partial charge in [-0.25, -0.2) is 0 Å². The van der Waals surface area contributed by atoms with Gasteiger partial charge in [-0.1, -0.05) is 309 Å². The summed E-state index contributed by atoms with van der Waals surface area (Å²) in [5, 5.41) is 11.8. The van der Waals surface area contributed by atoms with Crippen molar-refractivity contribution in [2.24, 2.45) is 0 Å². The second-order valence-electron chi connectivity index (χ2n) is 24.5. The van der Waals surface area contributed by atoms with E-state index in [0.29, 0.717) is 17.4 Å². The fraction of sp³-hybridized carbons (Fsp3) is 0.926. The van der Waals surface area contributed by atoms with Gasteiger partial charge in [0.1, 0.15) is 13.2 Å². The van der Waals surface area contributed by atoms with Gasteiger partial charge in [-0.3, -0.25) is 9.59 Å². The van der Waals surface area contributed by atoms with Gasteiger partial charge in [0.05, 0.1) is 40.3 Å². The van der Waals surface area contributed by atoms with Crippen molar-refractivity contribution < 1.29 is 42.9 Å². The third kappa shape index (κ3) is 61.5. The van der Waals surface area contributed by atoms with E-state index in [4.69, 9.17) is 18.9 Å². The summed E-state index contributed by atoms with van der Waals surface area (Å²) >= 11 is 0. The third-order valence-corrected chi connectivity index (χ3v) is 15.5. The zero-order valence-corrected chi connectivity index (χ0v) is 52.1. The van der Waals surface area contributed by atoms with Gasteiger partial charge in [0, 0.05) is 12.8 Å². The number of carbonyl (C=O) groups is 3. The summed E-state index contributed by atoms with van der Waals surface area (Å²) in [6.45, 7) is 4.83. The molecule has 0 heterocycles. The minimum absolute atomic E-state index is 0.152. The zero-order valence-electron chi connectivity index (χ0n) is 52.1. The highest BCUT2D eigenvalue weighted by molar-refractivity contribution is 5.70. The monoisotopic (exact) mass is 1090 g/mol. The molecule has 77 heavy (non-hydrogen) atoms. The first-order valence-electron chi connectivity index (χ1n) is 33.8. The number of hydrogen-bond acceptors (Lipinski definition) is 8. The summed E-state index contributed by atoms with van der Waals surface area (Å²) < 4.78 is 22.8. The van der Waals surface area contributed by atoms with Crippen LogP contribution < -0.4 is 5.11 Å². The molecule has 9 heteroatoms. The molecule has 0 rings (SSSR count). The van der Waals surface area contributed by atoms with Gasteiger partial charge in [-0.15, -0.1) is 0 Å². The van der Waals surface area contributed by atoms with Crippen molar-refractivity contribution in [2.75, 3.05) is 47.5 Å². The third-order valence-electron chi connectivity index (χ3n) is 15.5. The van der Waals surface area contributed by atoms with Crippen LogP contribution in [0.25, 0.3) is 0 Å². The molecule has 0 spiro atoms. The molecule has 9 nitrogen and oxygen atoms in total. The van der Waals surface area contributed by atoms with Crippen LogP contribution in [0.2, 0.25) is 0 Å². The second kappa shape index (κ2) is 60.1. The molecule has 456 valence electrons. The molecule has 0 radical (unpaired) electrons. The predicted octanol–water partition coefficient (Wildman–Crippen LogP) is 19.1. The summed E-state index contributed by atoms with van der Waals surface area (Å²) in [6, 6.07) is 0. The molecule has 0 bridgehead atoms. The molecule has 0 aromatic heterocycles. The van der Waals surface area contributed by atoms with Crippen LogP contribution in [-0.4, -0.2) is 82.3 Å². The maximum absolute atomic E-state index is 12.9. The number of ether oxygens (including phenoxy) is 4. The number of carbonyl (C=O) groups excluding carboxylic acids is 3. The minimum Gasteiger partial charge on any atom is -0.545 e. The lowest BCUT2D eigenvalue weighted by molar-refractivity contribution is -0.870. The predicted molar refractivity (Wildman–Crippen MR) is 325 cm³/mol. The van der Waals surface area contributed by atoms with Crippen LogP contribution in [0.15, 0.2) is 12.2 Å². The molecule has 0 saturated carbocycles.